The summed E-state index contributed by atoms with van der Waals surface area (Å²) in [6.45, 7) is 0.561. The molecule has 5 heteroatoms. The van der Waals surface area contributed by atoms with Gasteiger partial charge in [-0.1, -0.05) is 11.6 Å². The number of hydrogen-bond donors (Lipinski definition) is 1. The van der Waals surface area contributed by atoms with Gasteiger partial charge in [0.15, 0.2) is 0 Å². The molecule has 0 aliphatic heterocycles. The molecule has 0 spiro atoms. The molecule has 0 unspecified atom stereocenters. The predicted molar refractivity (Wildman–Crippen MR) is 74.2 cm³/mol. The predicted octanol–water partition coefficient (Wildman–Crippen LogP) is 3.53. The Labute approximate surface area is 117 Å². The van der Waals surface area contributed by atoms with Crippen LogP contribution in [0.15, 0.2) is 18.2 Å². The van der Waals surface area contributed by atoms with Crippen molar-refractivity contribution in [2.75, 3.05) is 0 Å². The summed E-state index contributed by atoms with van der Waals surface area (Å²) in [4.78, 5) is 10.7. The van der Waals surface area contributed by atoms with Gasteiger partial charge in [0.05, 0.1) is 4.92 Å². The first-order chi connectivity index (χ1) is 9.15. The number of nitro groups is 1. The number of nitro benzene ring substituents is 1. The molecule has 3 rings (SSSR count). The highest BCUT2D eigenvalue weighted by Crippen LogP contribution is 2.44. The van der Waals surface area contributed by atoms with Crippen molar-refractivity contribution in [1.82, 2.24) is 5.32 Å². The number of nitrogens with one attached hydrogen (secondary N) is 1. The minimum absolute atomic E-state index is 0.116. The Kier molecular flexibility index (Phi) is 3.46. The first-order valence-corrected chi connectivity index (χ1v) is 7.19. The highest BCUT2D eigenvalue weighted by Gasteiger charge is 2.41. The molecule has 0 saturated heterocycles. The molecule has 2 aliphatic carbocycles. The lowest BCUT2D eigenvalue weighted by Gasteiger charge is -2.17. The zero-order valence-corrected chi connectivity index (χ0v) is 11.4. The van der Waals surface area contributed by atoms with Crippen molar-refractivity contribution in [3.05, 3.63) is 38.9 Å². The fourth-order valence-electron chi connectivity index (χ4n) is 2.71. The molecular formula is C14H17ClN2O2. The monoisotopic (exact) mass is 280 g/mol. The summed E-state index contributed by atoms with van der Waals surface area (Å²) in [7, 11) is 0. The van der Waals surface area contributed by atoms with Gasteiger partial charge in [0.25, 0.3) is 5.69 Å². The number of benzene rings is 1. The molecular weight excluding hydrogens is 264 g/mol. The summed E-state index contributed by atoms with van der Waals surface area (Å²) in [6.07, 6.45) is 5.21. The van der Waals surface area contributed by atoms with Gasteiger partial charge in [-0.3, -0.25) is 10.1 Å². The van der Waals surface area contributed by atoms with E-state index in [1.54, 1.807) is 12.1 Å². The van der Waals surface area contributed by atoms with Crippen molar-refractivity contribution in [1.29, 1.82) is 0 Å². The van der Waals surface area contributed by atoms with E-state index >= 15 is 0 Å². The maximum atomic E-state index is 11.0. The highest BCUT2D eigenvalue weighted by molar-refractivity contribution is 6.30. The molecule has 19 heavy (non-hydrogen) atoms. The molecule has 2 fully saturated rings. The van der Waals surface area contributed by atoms with E-state index in [1.165, 1.54) is 31.7 Å². The molecule has 0 atom stereocenters. The Bertz CT molecular complexity index is 486. The largest absolute Gasteiger partial charge is 0.309 e. The second kappa shape index (κ2) is 5.10. The second-order valence-corrected chi connectivity index (χ2v) is 6.05. The third kappa shape index (κ3) is 3.07. The van der Waals surface area contributed by atoms with Crippen LogP contribution in [0.1, 0.15) is 31.2 Å². The Hall–Kier alpha value is -1.13. The lowest BCUT2D eigenvalue weighted by molar-refractivity contribution is -0.385. The van der Waals surface area contributed by atoms with Crippen molar-refractivity contribution >= 4 is 17.3 Å². The van der Waals surface area contributed by atoms with Crippen molar-refractivity contribution in [3.63, 3.8) is 0 Å². The topological polar surface area (TPSA) is 55.2 Å². The molecule has 1 aromatic carbocycles. The Morgan fingerprint density at radius 3 is 2.47 bits per heavy atom. The van der Waals surface area contributed by atoms with E-state index in [4.69, 9.17) is 11.6 Å². The fraction of sp³-hybridized carbons (Fsp3) is 0.571. The van der Waals surface area contributed by atoms with Gasteiger partial charge in [-0.25, -0.2) is 0 Å². The number of nitrogens with zero attached hydrogens (tertiary/aromatic N) is 1. The molecule has 1 N–H and O–H groups in total. The van der Waals surface area contributed by atoms with E-state index < -0.39 is 0 Å². The van der Waals surface area contributed by atoms with Crippen LogP contribution in [0.2, 0.25) is 5.02 Å². The van der Waals surface area contributed by atoms with E-state index in [1.807, 2.05) is 0 Å². The van der Waals surface area contributed by atoms with Crippen molar-refractivity contribution in [3.8, 4) is 0 Å². The molecule has 0 aromatic heterocycles. The van der Waals surface area contributed by atoms with Gasteiger partial charge in [-0.2, -0.15) is 0 Å². The van der Waals surface area contributed by atoms with Gasteiger partial charge in [-0.15, -0.1) is 0 Å². The Morgan fingerprint density at radius 1 is 1.32 bits per heavy atom. The zero-order chi connectivity index (χ0) is 13.4. The number of halogens is 1. The maximum Gasteiger partial charge on any atom is 0.275 e. The Morgan fingerprint density at radius 2 is 1.95 bits per heavy atom. The van der Waals surface area contributed by atoms with Gasteiger partial charge in [0.2, 0.25) is 0 Å². The molecule has 1 aromatic rings. The first kappa shape index (κ1) is 12.9. The minimum atomic E-state index is -0.355. The summed E-state index contributed by atoms with van der Waals surface area (Å²) in [5.41, 5.74) is 0.839. The molecule has 2 saturated carbocycles. The van der Waals surface area contributed by atoms with Crippen LogP contribution in [0.25, 0.3) is 0 Å². The minimum Gasteiger partial charge on any atom is -0.309 e. The van der Waals surface area contributed by atoms with Crippen LogP contribution in [-0.4, -0.2) is 11.0 Å². The van der Waals surface area contributed by atoms with E-state index in [9.17, 15) is 10.1 Å². The normalized spacial score (nSPS) is 18.8. The van der Waals surface area contributed by atoms with Crippen molar-refractivity contribution in [2.24, 2.45) is 11.8 Å². The quantitative estimate of drug-likeness (QED) is 0.641. The van der Waals surface area contributed by atoms with Gasteiger partial charge >= 0.3 is 0 Å². The smallest absolute Gasteiger partial charge is 0.275 e. The van der Waals surface area contributed by atoms with Gasteiger partial charge in [0, 0.05) is 29.2 Å². The van der Waals surface area contributed by atoms with Crippen LogP contribution in [0.4, 0.5) is 5.69 Å². The average Bonchev–Trinajstić information content (AvgIpc) is 3.25. The lowest BCUT2D eigenvalue weighted by atomic mass is 10.1. The zero-order valence-electron chi connectivity index (χ0n) is 10.6. The molecule has 4 nitrogen and oxygen atoms in total. The maximum absolute atomic E-state index is 11.0. The third-order valence-electron chi connectivity index (χ3n) is 4.03. The van der Waals surface area contributed by atoms with Gasteiger partial charge < -0.3 is 5.32 Å². The summed E-state index contributed by atoms with van der Waals surface area (Å²) in [5, 5.41) is 15.0. The highest BCUT2D eigenvalue weighted by atomic mass is 35.5. The molecule has 2 aliphatic rings. The molecule has 0 heterocycles. The van der Waals surface area contributed by atoms with Crippen molar-refractivity contribution < 1.29 is 4.92 Å². The van der Waals surface area contributed by atoms with Crippen LogP contribution in [0, 0.1) is 22.0 Å². The van der Waals surface area contributed by atoms with Gasteiger partial charge in [-0.05, 0) is 49.7 Å². The van der Waals surface area contributed by atoms with Crippen LogP contribution in [-0.2, 0) is 6.54 Å². The van der Waals surface area contributed by atoms with Crippen LogP contribution < -0.4 is 5.32 Å². The van der Waals surface area contributed by atoms with Gasteiger partial charge in [0.1, 0.15) is 0 Å². The van der Waals surface area contributed by atoms with E-state index in [0.29, 0.717) is 17.6 Å². The molecule has 0 bridgehead atoms. The van der Waals surface area contributed by atoms with E-state index in [2.05, 4.69) is 5.32 Å². The van der Waals surface area contributed by atoms with E-state index in [-0.39, 0.29) is 10.6 Å². The SMILES string of the molecule is O=[N+]([O-])c1cc(Cl)ccc1CNC(C1CC1)C1CC1. The second-order valence-electron chi connectivity index (χ2n) is 5.61. The summed E-state index contributed by atoms with van der Waals surface area (Å²) in [5.74, 6) is 1.58. The first-order valence-electron chi connectivity index (χ1n) is 6.81. The van der Waals surface area contributed by atoms with Crippen LogP contribution in [0.3, 0.4) is 0 Å². The van der Waals surface area contributed by atoms with Crippen LogP contribution >= 0.6 is 11.6 Å². The summed E-state index contributed by atoms with van der Waals surface area (Å²) < 4.78 is 0. The number of hydrogen-bond acceptors (Lipinski definition) is 3. The summed E-state index contributed by atoms with van der Waals surface area (Å²) in [6, 6.07) is 5.45. The standard InChI is InChI=1S/C14H17ClN2O2/c15-12-6-5-11(13(7-12)17(18)19)8-16-14(9-1-2-9)10-3-4-10/h5-7,9-10,14,16H,1-4,8H2. The van der Waals surface area contributed by atoms with Crippen LogP contribution in [0.5, 0.6) is 0 Å². The fourth-order valence-corrected chi connectivity index (χ4v) is 2.88. The average molecular weight is 281 g/mol. The number of rotatable bonds is 6. The van der Waals surface area contributed by atoms with Crippen molar-refractivity contribution in [2.45, 2.75) is 38.3 Å². The Balaban J connectivity index is 1.70. The summed E-state index contributed by atoms with van der Waals surface area (Å²) >= 11 is 5.82. The van der Waals surface area contributed by atoms with E-state index in [0.717, 1.165) is 17.4 Å². The third-order valence-corrected chi connectivity index (χ3v) is 4.27. The molecule has 0 amide bonds. The molecule has 0 radical (unpaired) electrons. The lowest BCUT2D eigenvalue weighted by Crippen LogP contribution is -2.32. The molecule has 102 valence electrons.